The molecule has 0 aromatic heterocycles. The number of carbonyl (C=O) groups is 1. The normalized spacial score (nSPS) is 12.2. The molecule has 0 unspecified atom stereocenters. The third kappa shape index (κ3) is 5.41. The van der Waals surface area contributed by atoms with Crippen molar-refractivity contribution in [3.8, 4) is 0 Å². The number of nitrogens with zero attached hydrogens (tertiary/aromatic N) is 1. The van der Waals surface area contributed by atoms with Crippen molar-refractivity contribution < 1.29 is 9.53 Å². The predicted octanol–water partition coefficient (Wildman–Crippen LogP) is 1.44. The van der Waals surface area contributed by atoms with Gasteiger partial charge in [0, 0.05) is 19.7 Å². The first-order valence-corrected chi connectivity index (χ1v) is 6.85. The molecule has 0 aliphatic carbocycles. The zero-order chi connectivity index (χ0) is 14.1. The van der Waals surface area contributed by atoms with Crippen LogP contribution < -0.4 is 5.73 Å². The SMILES string of the molecule is CCOCCN(CC)C(=O)[C@@H](N)Cc1ccccc1. The van der Waals surface area contributed by atoms with Crippen LogP contribution in [0.4, 0.5) is 0 Å². The second-order valence-corrected chi connectivity index (χ2v) is 4.41. The van der Waals surface area contributed by atoms with Gasteiger partial charge in [-0.15, -0.1) is 0 Å². The number of amides is 1. The number of carbonyl (C=O) groups excluding carboxylic acids is 1. The molecule has 1 amide bonds. The van der Waals surface area contributed by atoms with Crippen LogP contribution in [-0.4, -0.2) is 43.2 Å². The minimum absolute atomic E-state index is 0.00828. The fourth-order valence-corrected chi connectivity index (χ4v) is 1.93. The van der Waals surface area contributed by atoms with Crippen molar-refractivity contribution in [3.63, 3.8) is 0 Å². The number of hydrogen-bond acceptors (Lipinski definition) is 3. The smallest absolute Gasteiger partial charge is 0.239 e. The van der Waals surface area contributed by atoms with Gasteiger partial charge in [-0.05, 0) is 25.8 Å². The zero-order valence-electron chi connectivity index (χ0n) is 11.8. The lowest BCUT2D eigenvalue weighted by Gasteiger charge is -2.24. The van der Waals surface area contributed by atoms with Gasteiger partial charge in [-0.1, -0.05) is 30.3 Å². The summed E-state index contributed by atoms with van der Waals surface area (Å²) in [5, 5.41) is 0. The quantitative estimate of drug-likeness (QED) is 0.723. The second kappa shape index (κ2) is 8.67. The van der Waals surface area contributed by atoms with Gasteiger partial charge < -0.3 is 15.4 Å². The number of nitrogens with two attached hydrogens (primary N) is 1. The maximum absolute atomic E-state index is 12.2. The van der Waals surface area contributed by atoms with Gasteiger partial charge in [0.05, 0.1) is 12.6 Å². The Balaban J connectivity index is 2.49. The van der Waals surface area contributed by atoms with E-state index >= 15 is 0 Å². The molecule has 0 heterocycles. The molecular formula is C15H24N2O2. The molecule has 106 valence electrons. The summed E-state index contributed by atoms with van der Waals surface area (Å²) in [5.74, 6) is -0.00828. The van der Waals surface area contributed by atoms with Crippen LogP contribution in [0, 0.1) is 0 Å². The van der Waals surface area contributed by atoms with E-state index in [1.54, 1.807) is 4.90 Å². The average molecular weight is 264 g/mol. The molecule has 0 fully saturated rings. The summed E-state index contributed by atoms with van der Waals surface area (Å²) in [4.78, 5) is 14.0. The molecule has 2 N–H and O–H groups in total. The summed E-state index contributed by atoms with van der Waals surface area (Å²) in [6.07, 6.45) is 0.574. The highest BCUT2D eigenvalue weighted by Crippen LogP contribution is 2.04. The van der Waals surface area contributed by atoms with Crippen molar-refractivity contribution in [1.29, 1.82) is 0 Å². The summed E-state index contributed by atoms with van der Waals surface area (Å²) in [7, 11) is 0. The monoisotopic (exact) mass is 264 g/mol. The largest absolute Gasteiger partial charge is 0.380 e. The fourth-order valence-electron chi connectivity index (χ4n) is 1.93. The highest BCUT2D eigenvalue weighted by Gasteiger charge is 2.19. The Kier molecular flexibility index (Phi) is 7.15. The van der Waals surface area contributed by atoms with E-state index in [0.717, 1.165) is 5.56 Å². The summed E-state index contributed by atoms with van der Waals surface area (Å²) in [5.41, 5.74) is 7.09. The van der Waals surface area contributed by atoms with E-state index in [1.165, 1.54) is 0 Å². The van der Waals surface area contributed by atoms with E-state index in [9.17, 15) is 4.79 Å². The molecule has 0 bridgehead atoms. The third-order valence-electron chi connectivity index (χ3n) is 3.02. The van der Waals surface area contributed by atoms with Crippen molar-refractivity contribution >= 4 is 5.91 Å². The molecule has 0 radical (unpaired) electrons. The number of ether oxygens (including phenoxy) is 1. The van der Waals surface area contributed by atoms with Crippen LogP contribution in [0.1, 0.15) is 19.4 Å². The molecule has 0 saturated heterocycles. The Labute approximate surface area is 115 Å². The summed E-state index contributed by atoms with van der Waals surface area (Å²) < 4.78 is 5.28. The van der Waals surface area contributed by atoms with E-state index in [1.807, 2.05) is 44.2 Å². The van der Waals surface area contributed by atoms with Crippen LogP contribution in [0.5, 0.6) is 0 Å². The molecule has 0 saturated carbocycles. The predicted molar refractivity (Wildman–Crippen MR) is 76.9 cm³/mol. The van der Waals surface area contributed by atoms with Crippen LogP contribution in [0.3, 0.4) is 0 Å². The summed E-state index contributed by atoms with van der Waals surface area (Å²) in [6, 6.07) is 9.37. The maximum atomic E-state index is 12.2. The molecule has 19 heavy (non-hydrogen) atoms. The Bertz CT molecular complexity index is 368. The maximum Gasteiger partial charge on any atom is 0.239 e. The number of benzene rings is 1. The standard InChI is InChI=1S/C15H24N2O2/c1-3-17(10-11-19-4-2)15(18)14(16)12-13-8-6-5-7-9-13/h5-9,14H,3-4,10-12,16H2,1-2H3/t14-/m0/s1. The molecule has 1 atom stereocenters. The highest BCUT2D eigenvalue weighted by molar-refractivity contribution is 5.82. The number of rotatable bonds is 8. The zero-order valence-corrected chi connectivity index (χ0v) is 11.8. The van der Waals surface area contributed by atoms with Gasteiger partial charge >= 0.3 is 0 Å². The lowest BCUT2D eigenvalue weighted by atomic mass is 10.1. The van der Waals surface area contributed by atoms with E-state index in [0.29, 0.717) is 32.7 Å². The Morgan fingerprint density at radius 1 is 1.32 bits per heavy atom. The van der Waals surface area contributed by atoms with Gasteiger partial charge in [0.2, 0.25) is 5.91 Å². The minimum Gasteiger partial charge on any atom is -0.380 e. The molecule has 1 aromatic rings. The van der Waals surface area contributed by atoms with Gasteiger partial charge in [-0.2, -0.15) is 0 Å². The fraction of sp³-hybridized carbons (Fsp3) is 0.533. The Morgan fingerprint density at radius 3 is 2.58 bits per heavy atom. The molecule has 4 nitrogen and oxygen atoms in total. The molecular weight excluding hydrogens is 240 g/mol. The lowest BCUT2D eigenvalue weighted by molar-refractivity contribution is -0.133. The van der Waals surface area contributed by atoms with Gasteiger partial charge in [0.15, 0.2) is 0 Å². The van der Waals surface area contributed by atoms with E-state index < -0.39 is 6.04 Å². The molecule has 4 heteroatoms. The van der Waals surface area contributed by atoms with Gasteiger partial charge in [-0.3, -0.25) is 4.79 Å². The van der Waals surface area contributed by atoms with E-state index in [4.69, 9.17) is 10.5 Å². The molecule has 0 spiro atoms. The molecule has 1 aromatic carbocycles. The van der Waals surface area contributed by atoms with Gasteiger partial charge in [0.1, 0.15) is 0 Å². The van der Waals surface area contributed by atoms with Crippen LogP contribution >= 0.6 is 0 Å². The van der Waals surface area contributed by atoms with Crippen LogP contribution in [0.15, 0.2) is 30.3 Å². The van der Waals surface area contributed by atoms with Crippen molar-refractivity contribution in [1.82, 2.24) is 4.90 Å². The first kappa shape index (κ1) is 15.7. The Morgan fingerprint density at radius 2 is 2.00 bits per heavy atom. The molecule has 1 rings (SSSR count). The highest BCUT2D eigenvalue weighted by atomic mass is 16.5. The third-order valence-corrected chi connectivity index (χ3v) is 3.02. The summed E-state index contributed by atoms with van der Waals surface area (Å²) >= 11 is 0. The molecule has 0 aliphatic rings. The average Bonchev–Trinajstić information content (AvgIpc) is 2.44. The van der Waals surface area contributed by atoms with E-state index in [2.05, 4.69) is 0 Å². The topological polar surface area (TPSA) is 55.6 Å². The van der Waals surface area contributed by atoms with Crippen molar-refractivity contribution in [2.75, 3.05) is 26.3 Å². The van der Waals surface area contributed by atoms with Crippen LogP contribution in [0.25, 0.3) is 0 Å². The van der Waals surface area contributed by atoms with Gasteiger partial charge in [0.25, 0.3) is 0 Å². The first-order chi connectivity index (χ1) is 9.19. The van der Waals surface area contributed by atoms with Gasteiger partial charge in [-0.25, -0.2) is 0 Å². The number of likely N-dealkylation sites (N-methyl/N-ethyl adjacent to an activating group) is 1. The van der Waals surface area contributed by atoms with Crippen molar-refractivity contribution in [2.45, 2.75) is 26.3 Å². The molecule has 0 aliphatic heterocycles. The summed E-state index contributed by atoms with van der Waals surface area (Å²) in [6.45, 7) is 6.40. The van der Waals surface area contributed by atoms with E-state index in [-0.39, 0.29) is 5.91 Å². The lowest BCUT2D eigenvalue weighted by Crippen LogP contribution is -2.46. The number of hydrogen-bond donors (Lipinski definition) is 1. The first-order valence-electron chi connectivity index (χ1n) is 6.85. The van der Waals surface area contributed by atoms with Crippen LogP contribution in [0.2, 0.25) is 0 Å². The Hall–Kier alpha value is -1.39. The van der Waals surface area contributed by atoms with Crippen LogP contribution in [-0.2, 0) is 16.0 Å². The second-order valence-electron chi connectivity index (χ2n) is 4.41. The minimum atomic E-state index is -0.482. The van der Waals surface area contributed by atoms with Crippen molar-refractivity contribution in [3.05, 3.63) is 35.9 Å². The van der Waals surface area contributed by atoms with Crippen molar-refractivity contribution in [2.24, 2.45) is 5.73 Å².